The summed E-state index contributed by atoms with van der Waals surface area (Å²) in [5.41, 5.74) is 0. The standard InChI is InChI=1S/C14H30N2O/c1-4-14(5-2)16(11-12-17-3)10-8-13-7-6-9-15-13/h13-15H,4-12H2,1-3H3. The van der Waals surface area contributed by atoms with Crippen molar-refractivity contribution in [1.29, 1.82) is 0 Å². The van der Waals surface area contributed by atoms with E-state index in [-0.39, 0.29) is 0 Å². The van der Waals surface area contributed by atoms with Gasteiger partial charge in [0.2, 0.25) is 0 Å². The van der Waals surface area contributed by atoms with Crippen molar-refractivity contribution in [2.24, 2.45) is 0 Å². The topological polar surface area (TPSA) is 24.5 Å². The summed E-state index contributed by atoms with van der Waals surface area (Å²) >= 11 is 0. The molecule has 0 aliphatic carbocycles. The highest BCUT2D eigenvalue weighted by molar-refractivity contribution is 4.77. The van der Waals surface area contributed by atoms with Crippen LogP contribution in [0.25, 0.3) is 0 Å². The number of nitrogens with one attached hydrogen (secondary N) is 1. The van der Waals surface area contributed by atoms with Gasteiger partial charge in [-0.05, 0) is 45.2 Å². The Kier molecular flexibility index (Phi) is 7.82. The third kappa shape index (κ3) is 5.36. The van der Waals surface area contributed by atoms with Crippen LogP contribution < -0.4 is 5.32 Å². The smallest absolute Gasteiger partial charge is 0.0589 e. The Balaban J connectivity index is 2.32. The predicted molar refractivity (Wildman–Crippen MR) is 73.5 cm³/mol. The summed E-state index contributed by atoms with van der Waals surface area (Å²) in [6.45, 7) is 8.95. The van der Waals surface area contributed by atoms with Crippen molar-refractivity contribution in [3.8, 4) is 0 Å². The van der Waals surface area contributed by atoms with Crippen LogP contribution >= 0.6 is 0 Å². The molecule has 1 aliphatic rings. The van der Waals surface area contributed by atoms with Gasteiger partial charge in [0.1, 0.15) is 0 Å². The fourth-order valence-corrected chi connectivity index (χ4v) is 2.82. The first kappa shape index (κ1) is 14.9. The summed E-state index contributed by atoms with van der Waals surface area (Å²) in [7, 11) is 1.80. The molecule has 3 heteroatoms. The van der Waals surface area contributed by atoms with Crippen LogP contribution in [0.1, 0.15) is 46.0 Å². The van der Waals surface area contributed by atoms with Gasteiger partial charge < -0.3 is 10.1 Å². The van der Waals surface area contributed by atoms with Crippen molar-refractivity contribution < 1.29 is 4.74 Å². The number of ether oxygens (including phenoxy) is 1. The number of nitrogens with zero attached hydrogens (tertiary/aromatic N) is 1. The molecule has 0 saturated carbocycles. The maximum absolute atomic E-state index is 5.23. The summed E-state index contributed by atoms with van der Waals surface area (Å²) in [6, 6.07) is 1.49. The van der Waals surface area contributed by atoms with Crippen molar-refractivity contribution in [2.75, 3.05) is 33.4 Å². The molecular formula is C14H30N2O. The Labute approximate surface area is 107 Å². The summed E-state index contributed by atoms with van der Waals surface area (Å²) in [5.74, 6) is 0. The molecule has 0 amide bonds. The first-order valence-corrected chi connectivity index (χ1v) is 7.28. The zero-order valence-corrected chi connectivity index (χ0v) is 11.9. The van der Waals surface area contributed by atoms with Crippen molar-refractivity contribution in [2.45, 2.75) is 58.0 Å². The zero-order valence-electron chi connectivity index (χ0n) is 11.9. The predicted octanol–water partition coefficient (Wildman–Crippen LogP) is 2.27. The van der Waals surface area contributed by atoms with E-state index in [1.807, 2.05) is 0 Å². The fourth-order valence-electron chi connectivity index (χ4n) is 2.82. The zero-order chi connectivity index (χ0) is 12.5. The van der Waals surface area contributed by atoms with E-state index in [0.29, 0.717) is 0 Å². The monoisotopic (exact) mass is 242 g/mol. The van der Waals surface area contributed by atoms with Gasteiger partial charge in [0, 0.05) is 25.7 Å². The highest BCUT2D eigenvalue weighted by Crippen LogP contribution is 2.13. The first-order chi connectivity index (χ1) is 8.31. The molecule has 102 valence electrons. The summed E-state index contributed by atoms with van der Waals surface area (Å²) in [5, 5.41) is 3.59. The molecular weight excluding hydrogens is 212 g/mol. The van der Waals surface area contributed by atoms with Gasteiger partial charge in [-0.2, -0.15) is 0 Å². The van der Waals surface area contributed by atoms with Crippen LogP contribution in [0.3, 0.4) is 0 Å². The number of methoxy groups -OCH3 is 1. The van der Waals surface area contributed by atoms with Crippen LogP contribution in [0.2, 0.25) is 0 Å². The molecule has 1 atom stereocenters. The molecule has 0 aromatic carbocycles. The fraction of sp³-hybridized carbons (Fsp3) is 1.00. The van der Waals surface area contributed by atoms with Crippen molar-refractivity contribution in [3.05, 3.63) is 0 Å². The highest BCUT2D eigenvalue weighted by Gasteiger charge is 2.18. The lowest BCUT2D eigenvalue weighted by molar-refractivity contribution is 0.112. The van der Waals surface area contributed by atoms with Gasteiger partial charge >= 0.3 is 0 Å². The van der Waals surface area contributed by atoms with Crippen molar-refractivity contribution in [1.82, 2.24) is 10.2 Å². The lowest BCUT2D eigenvalue weighted by Gasteiger charge is -2.31. The third-order valence-electron chi connectivity index (χ3n) is 3.97. The Hall–Kier alpha value is -0.120. The molecule has 1 heterocycles. The molecule has 1 rings (SSSR count). The molecule has 1 aliphatic heterocycles. The van der Waals surface area contributed by atoms with E-state index < -0.39 is 0 Å². The molecule has 3 nitrogen and oxygen atoms in total. The SMILES string of the molecule is CCC(CC)N(CCOC)CCC1CCCN1. The normalized spacial score (nSPS) is 20.6. The van der Waals surface area contributed by atoms with Gasteiger partial charge in [-0.15, -0.1) is 0 Å². The van der Waals surface area contributed by atoms with Gasteiger partial charge in [0.25, 0.3) is 0 Å². The summed E-state index contributed by atoms with van der Waals surface area (Å²) in [4.78, 5) is 2.61. The largest absolute Gasteiger partial charge is 0.383 e. The summed E-state index contributed by atoms with van der Waals surface area (Å²) in [6.07, 6.45) is 6.51. The van der Waals surface area contributed by atoms with E-state index in [1.54, 1.807) is 7.11 Å². The molecule has 17 heavy (non-hydrogen) atoms. The Morgan fingerprint density at radius 1 is 1.29 bits per heavy atom. The number of hydrogen-bond acceptors (Lipinski definition) is 3. The average Bonchev–Trinajstić information content (AvgIpc) is 2.86. The second kappa shape index (κ2) is 8.90. The lowest BCUT2D eigenvalue weighted by Crippen LogP contribution is -2.39. The van der Waals surface area contributed by atoms with E-state index in [9.17, 15) is 0 Å². The molecule has 0 aromatic rings. The van der Waals surface area contributed by atoms with E-state index in [0.717, 1.165) is 25.2 Å². The minimum atomic E-state index is 0.728. The van der Waals surface area contributed by atoms with E-state index in [1.165, 1.54) is 45.2 Å². The molecule has 1 unspecified atom stereocenters. The minimum absolute atomic E-state index is 0.728. The molecule has 0 spiro atoms. The highest BCUT2D eigenvalue weighted by atomic mass is 16.5. The number of rotatable bonds is 9. The average molecular weight is 242 g/mol. The number of hydrogen-bond donors (Lipinski definition) is 1. The van der Waals surface area contributed by atoms with Crippen LogP contribution in [-0.4, -0.2) is 50.3 Å². The van der Waals surface area contributed by atoms with Gasteiger partial charge in [-0.1, -0.05) is 13.8 Å². The maximum Gasteiger partial charge on any atom is 0.0589 e. The molecule has 0 radical (unpaired) electrons. The van der Waals surface area contributed by atoms with E-state index >= 15 is 0 Å². The maximum atomic E-state index is 5.23. The van der Waals surface area contributed by atoms with Gasteiger partial charge in [0.15, 0.2) is 0 Å². The van der Waals surface area contributed by atoms with E-state index in [2.05, 4.69) is 24.1 Å². The van der Waals surface area contributed by atoms with Crippen LogP contribution in [0.15, 0.2) is 0 Å². The quantitative estimate of drug-likeness (QED) is 0.671. The van der Waals surface area contributed by atoms with Crippen LogP contribution in [0.4, 0.5) is 0 Å². The van der Waals surface area contributed by atoms with Crippen molar-refractivity contribution >= 4 is 0 Å². The summed E-state index contributed by atoms with van der Waals surface area (Å²) < 4.78 is 5.23. The van der Waals surface area contributed by atoms with Gasteiger partial charge in [-0.3, -0.25) is 4.90 Å². The van der Waals surface area contributed by atoms with Crippen LogP contribution in [0.5, 0.6) is 0 Å². The molecule has 1 saturated heterocycles. The van der Waals surface area contributed by atoms with Gasteiger partial charge in [-0.25, -0.2) is 0 Å². The minimum Gasteiger partial charge on any atom is -0.383 e. The van der Waals surface area contributed by atoms with Crippen LogP contribution in [-0.2, 0) is 4.74 Å². The second-order valence-corrected chi connectivity index (χ2v) is 5.08. The Morgan fingerprint density at radius 3 is 2.59 bits per heavy atom. The third-order valence-corrected chi connectivity index (χ3v) is 3.97. The Bertz CT molecular complexity index is 177. The lowest BCUT2D eigenvalue weighted by atomic mass is 10.1. The van der Waals surface area contributed by atoms with Gasteiger partial charge in [0.05, 0.1) is 6.61 Å². The van der Waals surface area contributed by atoms with Crippen LogP contribution in [0, 0.1) is 0 Å². The molecule has 1 N–H and O–H groups in total. The first-order valence-electron chi connectivity index (χ1n) is 7.28. The molecule has 0 bridgehead atoms. The second-order valence-electron chi connectivity index (χ2n) is 5.08. The molecule has 1 fully saturated rings. The van der Waals surface area contributed by atoms with Crippen molar-refractivity contribution in [3.63, 3.8) is 0 Å². The van der Waals surface area contributed by atoms with E-state index in [4.69, 9.17) is 4.74 Å². The Morgan fingerprint density at radius 2 is 2.06 bits per heavy atom. The molecule has 0 aromatic heterocycles.